The molecule has 0 unspecified atom stereocenters. The van der Waals surface area contributed by atoms with Gasteiger partial charge in [-0.2, -0.15) is 0 Å². The maximum atomic E-state index is 13.3. The average molecular weight is 565 g/mol. The summed E-state index contributed by atoms with van der Waals surface area (Å²) in [5, 5.41) is 26.9. The molecule has 39 heavy (non-hydrogen) atoms. The first-order chi connectivity index (χ1) is 18.7. The molecular weight excluding hydrogens is 549 g/mol. The SMILES string of the molecule is O=C(Nc1nc(-c2ccc(N([O-])O)cc2)cs1)c1cccc(NC2=C(Cl)C(=O)N(c3ccc(F)cc3)C2=O)c1. The molecule has 196 valence electrons. The maximum absolute atomic E-state index is 13.3. The fourth-order valence-corrected chi connectivity index (χ4v) is 4.64. The summed E-state index contributed by atoms with van der Waals surface area (Å²) in [4.78, 5) is 43.6. The van der Waals surface area contributed by atoms with Crippen molar-refractivity contribution in [1.29, 1.82) is 0 Å². The molecule has 1 aliphatic rings. The van der Waals surface area contributed by atoms with Gasteiger partial charge in [0.15, 0.2) is 5.13 Å². The Hall–Kier alpha value is -4.62. The fourth-order valence-electron chi connectivity index (χ4n) is 3.71. The molecule has 0 bridgehead atoms. The highest BCUT2D eigenvalue weighted by Gasteiger charge is 2.39. The zero-order valence-electron chi connectivity index (χ0n) is 19.6. The van der Waals surface area contributed by atoms with E-state index in [1.165, 1.54) is 41.7 Å². The number of nitrogens with one attached hydrogen (secondary N) is 2. The molecule has 1 aromatic heterocycles. The molecule has 3 aromatic carbocycles. The number of rotatable bonds is 7. The van der Waals surface area contributed by atoms with Crippen molar-refractivity contribution < 1.29 is 24.0 Å². The van der Waals surface area contributed by atoms with Crippen molar-refractivity contribution in [3.63, 3.8) is 0 Å². The highest BCUT2D eigenvalue weighted by Crippen LogP contribution is 2.31. The smallest absolute Gasteiger partial charge is 0.283 e. The number of benzene rings is 3. The van der Waals surface area contributed by atoms with Crippen LogP contribution in [0, 0.1) is 11.0 Å². The minimum absolute atomic E-state index is 0.0693. The predicted octanol–water partition coefficient (Wildman–Crippen LogP) is 5.33. The first-order valence-corrected chi connectivity index (χ1v) is 12.4. The van der Waals surface area contributed by atoms with E-state index in [0.717, 1.165) is 17.0 Å². The Labute approximate surface area is 229 Å². The van der Waals surface area contributed by atoms with Gasteiger partial charge in [-0.1, -0.05) is 29.8 Å². The monoisotopic (exact) mass is 564 g/mol. The number of nitrogens with zero attached hydrogens (tertiary/aromatic N) is 3. The molecule has 3 amide bonds. The molecule has 0 aliphatic carbocycles. The molecule has 0 fully saturated rings. The van der Waals surface area contributed by atoms with E-state index in [9.17, 15) is 24.0 Å². The first kappa shape index (κ1) is 26.0. The number of aromatic nitrogens is 1. The molecule has 0 spiro atoms. The number of halogens is 2. The van der Waals surface area contributed by atoms with Gasteiger partial charge in [0.1, 0.15) is 16.5 Å². The van der Waals surface area contributed by atoms with Crippen LogP contribution in [0.15, 0.2) is 88.9 Å². The average Bonchev–Trinajstić information content (AvgIpc) is 3.48. The second-order valence-corrected chi connectivity index (χ2v) is 9.36. The van der Waals surface area contributed by atoms with Crippen molar-refractivity contribution in [2.24, 2.45) is 0 Å². The van der Waals surface area contributed by atoms with Crippen LogP contribution in [0.3, 0.4) is 0 Å². The second kappa shape index (κ2) is 10.6. The number of anilines is 4. The van der Waals surface area contributed by atoms with Gasteiger partial charge >= 0.3 is 0 Å². The number of carbonyl (C=O) groups excluding carboxylic acids is 3. The molecule has 2 heterocycles. The van der Waals surface area contributed by atoms with Crippen molar-refractivity contribution in [3.8, 4) is 11.3 Å². The normalized spacial score (nSPS) is 13.2. The highest BCUT2D eigenvalue weighted by atomic mass is 35.5. The molecule has 5 rings (SSSR count). The standard InChI is InChI=1S/C26H16ClFN5O5S/c27-21-22(25(36)32(24(21)35)18-10-6-16(28)7-11-18)29-17-3-1-2-15(12-17)23(34)31-26-30-20(13-39-26)14-4-8-19(9-5-14)33(37)38/h1-13,29,37H,(H,30,31,34)/q-1. The van der Waals surface area contributed by atoms with Crippen LogP contribution in [-0.2, 0) is 9.59 Å². The lowest BCUT2D eigenvalue weighted by Crippen LogP contribution is -2.32. The minimum atomic E-state index is -0.763. The van der Waals surface area contributed by atoms with Crippen molar-refractivity contribution in [1.82, 2.24) is 4.98 Å². The molecular formula is C26H16ClFN5O5S-. The van der Waals surface area contributed by atoms with Crippen molar-refractivity contribution >= 4 is 62.9 Å². The van der Waals surface area contributed by atoms with Gasteiger partial charge in [-0.15, -0.1) is 11.3 Å². The molecule has 0 saturated carbocycles. The Kier molecular flexibility index (Phi) is 7.09. The number of carbonyl (C=O) groups is 3. The number of hydrogen-bond donors (Lipinski definition) is 3. The van der Waals surface area contributed by atoms with Crippen LogP contribution in [0.25, 0.3) is 11.3 Å². The van der Waals surface area contributed by atoms with Gasteiger partial charge in [0, 0.05) is 22.2 Å². The summed E-state index contributed by atoms with van der Waals surface area (Å²) in [6.45, 7) is 0. The fraction of sp³-hybridized carbons (Fsp3) is 0. The Bertz CT molecular complexity index is 1620. The van der Waals surface area contributed by atoms with Gasteiger partial charge in [-0.25, -0.2) is 14.3 Å². The molecule has 3 N–H and O–H groups in total. The minimum Gasteiger partial charge on any atom is -0.733 e. The van der Waals surface area contributed by atoms with Crippen LogP contribution >= 0.6 is 22.9 Å². The maximum Gasteiger partial charge on any atom is 0.283 e. The van der Waals surface area contributed by atoms with Gasteiger partial charge in [0.05, 0.1) is 17.1 Å². The van der Waals surface area contributed by atoms with E-state index in [1.807, 2.05) is 0 Å². The number of amides is 3. The molecule has 1 aliphatic heterocycles. The quantitative estimate of drug-likeness (QED) is 0.202. The van der Waals surface area contributed by atoms with Crippen LogP contribution in [0.1, 0.15) is 10.4 Å². The zero-order valence-corrected chi connectivity index (χ0v) is 21.2. The summed E-state index contributed by atoms with van der Waals surface area (Å²) in [6.07, 6.45) is 0. The third-order valence-electron chi connectivity index (χ3n) is 5.61. The van der Waals surface area contributed by atoms with Crippen LogP contribution in [0.2, 0.25) is 0 Å². The van der Waals surface area contributed by atoms with E-state index in [1.54, 1.807) is 35.7 Å². The lowest BCUT2D eigenvalue weighted by Gasteiger charge is -2.21. The summed E-state index contributed by atoms with van der Waals surface area (Å²) >= 11 is 7.34. The van der Waals surface area contributed by atoms with E-state index in [4.69, 9.17) is 16.8 Å². The first-order valence-electron chi connectivity index (χ1n) is 11.2. The van der Waals surface area contributed by atoms with Gasteiger partial charge in [0.2, 0.25) is 0 Å². The molecule has 13 heteroatoms. The van der Waals surface area contributed by atoms with Crippen LogP contribution in [0.4, 0.5) is 26.6 Å². The second-order valence-electron chi connectivity index (χ2n) is 8.13. The van der Waals surface area contributed by atoms with Gasteiger partial charge in [-0.3, -0.25) is 24.9 Å². The molecule has 4 aromatic rings. The van der Waals surface area contributed by atoms with Crippen molar-refractivity contribution in [2.75, 3.05) is 20.8 Å². The van der Waals surface area contributed by atoms with Crippen molar-refractivity contribution in [2.45, 2.75) is 0 Å². The third-order valence-corrected chi connectivity index (χ3v) is 6.72. The van der Waals surface area contributed by atoms with Gasteiger partial charge in [-0.05, 0) is 54.6 Å². The summed E-state index contributed by atoms with van der Waals surface area (Å²) in [7, 11) is 0. The van der Waals surface area contributed by atoms with E-state index in [0.29, 0.717) is 22.1 Å². The largest absolute Gasteiger partial charge is 0.733 e. The Balaban J connectivity index is 1.29. The summed E-state index contributed by atoms with van der Waals surface area (Å²) in [5.74, 6) is -2.48. The molecule has 0 saturated heterocycles. The van der Waals surface area contributed by atoms with Crippen LogP contribution in [0.5, 0.6) is 0 Å². The summed E-state index contributed by atoms with van der Waals surface area (Å²) in [5.41, 5.74) is 1.86. The Morgan fingerprint density at radius 3 is 2.46 bits per heavy atom. The van der Waals surface area contributed by atoms with Crippen molar-refractivity contribution in [3.05, 3.63) is 105 Å². The number of imide groups is 1. The Morgan fingerprint density at radius 1 is 1.05 bits per heavy atom. The number of thiazole rings is 1. The summed E-state index contributed by atoms with van der Waals surface area (Å²) in [6, 6.07) is 17.1. The summed E-state index contributed by atoms with van der Waals surface area (Å²) < 4.78 is 13.3. The zero-order chi connectivity index (χ0) is 27.7. The molecule has 0 atom stereocenters. The lowest BCUT2D eigenvalue weighted by atomic mass is 10.1. The van der Waals surface area contributed by atoms with E-state index in [-0.39, 0.29) is 32.9 Å². The highest BCUT2D eigenvalue weighted by molar-refractivity contribution is 7.14. The van der Waals surface area contributed by atoms with Gasteiger partial charge < -0.3 is 15.8 Å². The molecule has 10 nitrogen and oxygen atoms in total. The topological polar surface area (TPSA) is 138 Å². The van der Waals surface area contributed by atoms with E-state index < -0.39 is 23.5 Å². The number of hydrogen-bond acceptors (Lipinski definition) is 9. The Morgan fingerprint density at radius 2 is 1.77 bits per heavy atom. The van der Waals surface area contributed by atoms with E-state index >= 15 is 0 Å². The predicted molar refractivity (Wildman–Crippen MR) is 145 cm³/mol. The van der Waals surface area contributed by atoms with Gasteiger partial charge in [0.25, 0.3) is 17.7 Å². The molecule has 0 radical (unpaired) electrons. The van der Waals surface area contributed by atoms with Crippen LogP contribution < -0.4 is 20.8 Å². The van der Waals surface area contributed by atoms with E-state index in [2.05, 4.69) is 15.6 Å². The lowest BCUT2D eigenvalue weighted by molar-refractivity contribution is -0.120. The van der Waals surface area contributed by atoms with Crippen LogP contribution in [-0.4, -0.2) is 27.9 Å². The third kappa shape index (κ3) is 5.35.